The van der Waals surface area contributed by atoms with Crippen LogP contribution in [0.2, 0.25) is 0 Å². The second-order valence-electron chi connectivity index (χ2n) is 3.43. The number of nitrogens with one attached hydrogen (secondary N) is 2. The van der Waals surface area contributed by atoms with Gasteiger partial charge in [0.2, 0.25) is 0 Å². The van der Waals surface area contributed by atoms with Gasteiger partial charge in [0.05, 0.1) is 13.3 Å². The predicted molar refractivity (Wildman–Crippen MR) is 49.9 cm³/mol. The van der Waals surface area contributed by atoms with Crippen LogP contribution in [0.4, 0.5) is 0 Å². The molecule has 0 aliphatic rings. The van der Waals surface area contributed by atoms with Gasteiger partial charge in [-0.25, -0.2) is 4.79 Å². The monoisotopic (exact) mass is 212 g/mol. The summed E-state index contributed by atoms with van der Waals surface area (Å²) in [5.41, 5.74) is -0.975. The number of hydrogen-bond donors (Lipinski definition) is 2. The van der Waals surface area contributed by atoms with Crippen LogP contribution in [-0.4, -0.2) is 39.9 Å². The van der Waals surface area contributed by atoms with E-state index in [0.717, 1.165) is 0 Å². The van der Waals surface area contributed by atoms with Gasteiger partial charge in [-0.2, -0.15) is 15.4 Å². The summed E-state index contributed by atoms with van der Waals surface area (Å²) in [6.07, 6.45) is 1.27. The van der Waals surface area contributed by atoms with E-state index in [4.69, 9.17) is 0 Å². The lowest BCUT2D eigenvalue weighted by molar-refractivity contribution is -0.146. The summed E-state index contributed by atoms with van der Waals surface area (Å²) < 4.78 is 4.54. The Kier molecular flexibility index (Phi) is 3.03. The van der Waals surface area contributed by atoms with Crippen LogP contribution in [0.1, 0.15) is 24.3 Å². The van der Waals surface area contributed by atoms with Crippen LogP contribution in [0.15, 0.2) is 6.20 Å². The van der Waals surface area contributed by atoms with Crippen LogP contribution in [0.5, 0.6) is 0 Å². The molecule has 1 rings (SSSR count). The molecular weight excluding hydrogens is 200 g/mol. The lowest BCUT2D eigenvalue weighted by Crippen LogP contribution is -2.50. The van der Waals surface area contributed by atoms with E-state index in [-0.39, 0.29) is 5.69 Å². The van der Waals surface area contributed by atoms with Gasteiger partial charge in [0.1, 0.15) is 5.54 Å². The van der Waals surface area contributed by atoms with Crippen molar-refractivity contribution in [1.82, 2.24) is 20.7 Å². The zero-order chi connectivity index (χ0) is 11.5. The van der Waals surface area contributed by atoms with Crippen molar-refractivity contribution in [2.45, 2.75) is 19.4 Å². The molecule has 7 nitrogen and oxygen atoms in total. The Morgan fingerprint density at radius 1 is 1.53 bits per heavy atom. The maximum atomic E-state index is 11.5. The van der Waals surface area contributed by atoms with Crippen LogP contribution < -0.4 is 5.32 Å². The lowest BCUT2D eigenvalue weighted by atomic mass is 10.1. The molecule has 0 fully saturated rings. The van der Waals surface area contributed by atoms with Gasteiger partial charge >= 0.3 is 5.97 Å². The first-order valence-electron chi connectivity index (χ1n) is 4.24. The van der Waals surface area contributed by atoms with E-state index in [0.29, 0.717) is 0 Å². The molecule has 0 unspecified atom stereocenters. The maximum Gasteiger partial charge on any atom is 0.330 e. The quantitative estimate of drug-likeness (QED) is 0.657. The molecule has 1 heterocycles. The molecule has 82 valence electrons. The fourth-order valence-electron chi connectivity index (χ4n) is 0.965. The van der Waals surface area contributed by atoms with Gasteiger partial charge in [0.15, 0.2) is 5.69 Å². The van der Waals surface area contributed by atoms with Gasteiger partial charge in [-0.05, 0) is 13.8 Å². The number of carbonyl (C=O) groups is 2. The molecule has 2 N–H and O–H groups in total. The molecule has 0 radical (unpaired) electrons. The van der Waals surface area contributed by atoms with Crippen molar-refractivity contribution in [2.75, 3.05) is 7.11 Å². The first-order valence-corrected chi connectivity index (χ1v) is 4.24. The molecule has 0 spiro atoms. The number of ether oxygens (including phenoxy) is 1. The summed E-state index contributed by atoms with van der Waals surface area (Å²) in [5, 5.41) is 11.8. The van der Waals surface area contributed by atoms with Gasteiger partial charge in [-0.1, -0.05) is 0 Å². The fraction of sp³-hybridized carbons (Fsp3) is 0.500. The van der Waals surface area contributed by atoms with E-state index in [2.05, 4.69) is 25.5 Å². The summed E-state index contributed by atoms with van der Waals surface area (Å²) in [6.45, 7) is 3.08. The summed E-state index contributed by atoms with van der Waals surface area (Å²) in [6, 6.07) is 0. The molecule has 0 saturated heterocycles. The molecular formula is C8H12N4O3. The van der Waals surface area contributed by atoms with Gasteiger partial charge in [-0.3, -0.25) is 4.79 Å². The molecule has 0 saturated carbocycles. The third kappa shape index (κ3) is 2.52. The molecule has 1 amide bonds. The number of nitrogens with zero attached hydrogens (tertiary/aromatic N) is 2. The number of methoxy groups -OCH3 is 1. The number of aromatic amines is 1. The Labute approximate surface area is 86.2 Å². The number of aromatic nitrogens is 3. The Morgan fingerprint density at radius 3 is 2.67 bits per heavy atom. The fourth-order valence-corrected chi connectivity index (χ4v) is 0.965. The summed E-state index contributed by atoms with van der Waals surface area (Å²) >= 11 is 0. The van der Waals surface area contributed by atoms with Gasteiger partial charge in [0.25, 0.3) is 5.91 Å². The van der Waals surface area contributed by atoms with E-state index < -0.39 is 17.4 Å². The highest BCUT2D eigenvalue weighted by Crippen LogP contribution is 2.05. The highest BCUT2D eigenvalue weighted by atomic mass is 16.5. The van der Waals surface area contributed by atoms with Crippen molar-refractivity contribution in [3.8, 4) is 0 Å². The third-order valence-corrected chi connectivity index (χ3v) is 1.77. The second kappa shape index (κ2) is 4.07. The van der Waals surface area contributed by atoms with Crippen molar-refractivity contribution in [3.63, 3.8) is 0 Å². The Hall–Kier alpha value is -1.92. The lowest BCUT2D eigenvalue weighted by Gasteiger charge is -2.22. The number of hydrogen-bond acceptors (Lipinski definition) is 5. The van der Waals surface area contributed by atoms with Gasteiger partial charge < -0.3 is 10.1 Å². The first kappa shape index (κ1) is 11.2. The van der Waals surface area contributed by atoms with Crippen LogP contribution in [0, 0.1) is 0 Å². The largest absolute Gasteiger partial charge is 0.467 e. The normalized spacial score (nSPS) is 10.9. The van der Waals surface area contributed by atoms with Crippen molar-refractivity contribution >= 4 is 11.9 Å². The minimum absolute atomic E-state index is 0.118. The molecule has 1 aromatic heterocycles. The zero-order valence-corrected chi connectivity index (χ0v) is 8.70. The standard InChI is InChI=1S/C8H12N4O3/c1-8(2,7(14)15-3)10-6(13)5-4-9-12-11-5/h4H,1-3H3,(H,10,13)(H,9,11,12). The van der Waals surface area contributed by atoms with Gasteiger partial charge in [0, 0.05) is 0 Å². The maximum absolute atomic E-state index is 11.5. The van der Waals surface area contributed by atoms with E-state index in [1.165, 1.54) is 27.2 Å². The number of amides is 1. The van der Waals surface area contributed by atoms with Crippen molar-refractivity contribution < 1.29 is 14.3 Å². The minimum Gasteiger partial charge on any atom is -0.467 e. The smallest absolute Gasteiger partial charge is 0.330 e. The van der Waals surface area contributed by atoms with E-state index in [1.54, 1.807) is 0 Å². The molecule has 15 heavy (non-hydrogen) atoms. The van der Waals surface area contributed by atoms with Gasteiger partial charge in [-0.15, -0.1) is 0 Å². The minimum atomic E-state index is -1.09. The summed E-state index contributed by atoms with van der Waals surface area (Å²) in [5.74, 6) is -1.02. The second-order valence-corrected chi connectivity index (χ2v) is 3.43. The predicted octanol–water partition coefficient (Wildman–Crippen LogP) is -0.514. The molecule has 0 aliphatic heterocycles. The SMILES string of the molecule is COC(=O)C(C)(C)NC(=O)c1cn[nH]n1. The van der Waals surface area contributed by atoms with Crippen LogP contribution in [-0.2, 0) is 9.53 Å². The molecule has 7 heteroatoms. The third-order valence-electron chi connectivity index (χ3n) is 1.77. The number of esters is 1. The van der Waals surface area contributed by atoms with E-state index in [9.17, 15) is 9.59 Å². The average Bonchev–Trinajstić information content (AvgIpc) is 2.68. The van der Waals surface area contributed by atoms with E-state index in [1.807, 2.05) is 0 Å². The topological polar surface area (TPSA) is 97.0 Å². The Morgan fingerprint density at radius 2 is 2.20 bits per heavy atom. The average molecular weight is 212 g/mol. The molecule has 0 atom stereocenters. The zero-order valence-electron chi connectivity index (χ0n) is 8.70. The molecule has 1 aromatic rings. The van der Waals surface area contributed by atoms with Crippen LogP contribution in [0.25, 0.3) is 0 Å². The number of H-pyrrole nitrogens is 1. The summed E-state index contributed by atoms with van der Waals surface area (Å²) in [4.78, 5) is 22.8. The van der Waals surface area contributed by atoms with Crippen LogP contribution >= 0.6 is 0 Å². The number of carbonyl (C=O) groups excluding carboxylic acids is 2. The van der Waals surface area contributed by atoms with Crippen molar-refractivity contribution in [1.29, 1.82) is 0 Å². The van der Waals surface area contributed by atoms with Crippen molar-refractivity contribution in [3.05, 3.63) is 11.9 Å². The Balaban J connectivity index is 2.70. The highest BCUT2D eigenvalue weighted by Gasteiger charge is 2.31. The number of rotatable bonds is 3. The van der Waals surface area contributed by atoms with Crippen molar-refractivity contribution in [2.24, 2.45) is 0 Å². The molecule has 0 bridgehead atoms. The molecule has 0 aliphatic carbocycles. The molecule has 0 aromatic carbocycles. The first-order chi connectivity index (χ1) is 6.97. The highest BCUT2D eigenvalue weighted by molar-refractivity contribution is 5.96. The summed E-state index contributed by atoms with van der Waals surface area (Å²) in [7, 11) is 1.26. The Bertz CT molecular complexity index is 358. The van der Waals surface area contributed by atoms with Crippen LogP contribution in [0.3, 0.4) is 0 Å². The van der Waals surface area contributed by atoms with E-state index >= 15 is 0 Å².